The van der Waals surface area contributed by atoms with Crippen molar-refractivity contribution in [2.24, 2.45) is 5.14 Å². The summed E-state index contributed by atoms with van der Waals surface area (Å²) in [7, 11) is -1.47. The number of pyridine rings is 1. The van der Waals surface area contributed by atoms with Crippen LogP contribution < -0.4 is 5.14 Å². The molecule has 0 aliphatic heterocycles. The molecule has 160 valence electrons. The van der Waals surface area contributed by atoms with Crippen LogP contribution in [-0.2, 0) is 17.4 Å². The fourth-order valence-electron chi connectivity index (χ4n) is 3.96. The SMILES string of the molecule is CC(C)(C[C@H](Cc1ccccn1)c1c(Br)cccc1-c1noc2ccccc12)S(N)=O. The van der Waals surface area contributed by atoms with Gasteiger partial charge in [-0.1, -0.05) is 51.4 Å². The standard InChI is InChI=1S/C24H24BrN3O2S/c1-24(2,31(26)29)15-16(14-17-8-5-6-13-27-17)22-19(10-7-11-20(22)25)23-18-9-3-4-12-21(18)30-28-23/h3-13,16H,14-15,26H2,1-2H3/t16-,31?/m0/s1. The third-order valence-electron chi connectivity index (χ3n) is 5.56. The van der Waals surface area contributed by atoms with Gasteiger partial charge in [0.05, 0.1) is 15.7 Å². The fraction of sp³-hybridized carbons (Fsp3) is 0.250. The summed E-state index contributed by atoms with van der Waals surface area (Å²) in [6, 6.07) is 19.8. The van der Waals surface area contributed by atoms with Crippen molar-refractivity contribution >= 4 is 37.9 Å². The van der Waals surface area contributed by atoms with Gasteiger partial charge in [0.25, 0.3) is 0 Å². The molecule has 0 radical (unpaired) electrons. The van der Waals surface area contributed by atoms with E-state index in [2.05, 4.69) is 32.1 Å². The fourth-order valence-corrected chi connectivity index (χ4v) is 5.02. The van der Waals surface area contributed by atoms with Crippen LogP contribution in [0.15, 0.2) is 75.9 Å². The predicted octanol–water partition coefficient (Wildman–Crippen LogP) is 5.77. The average Bonchev–Trinajstić information content (AvgIpc) is 3.17. The third kappa shape index (κ3) is 4.63. The van der Waals surface area contributed by atoms with Gasteiger partial charge in [0.2, 0.25) is 0 Å². The van der Waals surface area contributed by atoms with Crippen molar-refractivity contribution in [2.45, 2.75) is 37.4 Å². The van der Waals surface area contributed by atoms with Gasteiger partial charge in [-0.2, -0.15) is 0 Å². The normalized spacial score (nSPS) is 13.9. The molecule has 2 aromatic heterocycles. The summed E-state index contributed by atoms with van der Waals surface area (Å²) >= 11 is 3.77. The molecule has 1 unspecified atom stereocenters. The Balaban J connectivity index is 1.87. The molecule has 0 aliphatic rings. The molecule has 2 heterocycles. The van der Waals surface area contributed by atoms with E-state index in [1.54, 1.807) is 6.20 Å². The summed E-state index contributed by atoms with van der Waals surface area (Å²) in [4.78, 5) is 4.53. The van der Waals surface area contributed by atoms with E-state index in [1.165, 1.54) is 0 Å². The molecule has 0 aliphatic carbocycles. The van der Waals surface area contributed by atoms with Gasteiger partial charge in [0.1, 0.15) is 5.69 Å². The summed E-state index contributed by atoms with van der Waals surface area (Å²) in [5, 5.41) is 11.2. The van der Waals surface area contributed by atoms with Gasteiger partial charge >= 0.3 is 0 Å². The van der Waals surface area contributed by atoms with Crippen LogP contribution in [0.25, 0.3) is 22.2 Å². The molecule has 0 saturated heterocycles. The Morgan fingerprint density at radius 1 is 1.10 bits per heavy atom. The largest absolute Gasteiger partial charge is 0.356 e. The second-order valence-corrected chi connectivity index (χ2v) is 10.8. The number of hydrogen-bond acceptors (Lipinski definition) is 4. The lowest BCUT2D eigenvalue weighted by atomic mass is 9.83. The number of rotatable bonds is 7. The Hall–Kier alpha value is -2.35. The van der Waals surface area contributed by atoms with Crippen molar-refractivity contribution < 1.29 is 8.73 Å². The molecule has 2 atom stereocenters. The van der Waals surface area contributed by atoms with E-state index >= 15 is 0 Å². The maximum Gasteiger partial charge on any atom is 0.167 e. The van der Waals surface area contributed by atoms with E-state index in [4.69, 9.17) is 9.66 Å². The molecular weight excluding hydrogens is 474 g/mol. The van der Waals surface area contributed by atoms with E-state index in [-0.39, 0.29) is 5.92 Å². The number of nitrogens with two attached hydrogens (primary N) is 1. The monoisotopic (exact) mass is 497 g/mol. The Bertz CT molecular complexity index is 1220. The van der Waals surface area contributed by atoms with Gasteiger partial charge in [0.15, 0.2) is 5.58 Å². The molecule has 0 saturated carbocycles. The molecule has 0 spiro atoms. The zero-order valence-electron chi connectivity index (χ0n) is 17.4. The van der Waals surface area contributed by atoms with Gasteiger partial charge in [-0.05, 0) is 68.5 Å². The van der Waals surface area contributed by atoms with Crippen LogP contribution in [0.4, 0.5) is 0 Å². The zero-order valence-corrected chi connectivity index (χ0v) is 19.8. The quantitative estimate of drug-likeness (QED) is 0.351. The van der Waals surface area contributed by atoms with Gasteiger partial charge in [-0.25, -0.2) is 4.21 Å². The van der Waals surface area contributed by atoms with Crippen LogP contribution in [0.1, 0.15) is 37.4 Å². The van der Waals surface area contributed by atoms with Crippen LogP contribution in [0.5, 0.6) is 0 Å². The Morgan fingerprint density at radius 3 is 2.61 bits per heavy atom. The second-order valence-electron chi connectivity index (χ2n) is 8.21. The topological polar surface area (TPSA) is 82.0 Å². The number of hydrogen-bond donors (Lipinski definition) is 1. The van der Waals surface area contributed by atoms with E-state index in [0.717, 1.165) is 38.0 Å². The molecular formula is C24H24BrN3O2S. The highest BCUT2D eigenvalue weighted by atomic mass is 79.9. The minimum Gasteiger partial charge on any atom is -0.356 e. The molecule has 4 rings (SSSR count). The molecule has 0 bridgehead atoms. The number of nitrogens with zero attached hydrogens (tertiary/aromatic N) is 2. The van der Waals surface area contributed by atoms with Gasteiger partial charge in [-0.3, -0.25) is 10.1 Å². The summed E-state index contributed by atoms with van der Waals surface area (Å²) in [5.41, 5.74) is 4.58. The average molecular weight is 498 g/mol. The third-order valence-corrected chi connectivity index (χ3v) is 7.51. The van der Waals surface area contributed by atoms with Gasteiger partial charge in [-0.15, -0.1) is 0 Å². The highest BCUT2D eigenvalue weighted by Crippen LogP contribution is 2.42. The summed E-state index contributed by atoms with van der Waals surface area (Å²) in [6.07, 6.45) is 3.11. The predicted molar refractivity (Wildman–Crippen MR) is 129 cm³/mol. The number of benzene rings is 2. The van der Waals surface area contributed by atoms with Gasteiger partial charge in [0, 0.05) is 27.3 Å². The molecule has 7 heteroatoms. The van der Waals surface area contributed by atoms with Crippen LogP contribution in [0.2, 0.25) is 0 Å². The minimum absolute atomic E-state index is 0.0124. The number of aromatic nitrogens is 2. The lowest BCUT2D eigenvalue weighted by molar-refractivity contribution is 0.459. The number of para-hydroxylation sites is 1. The Morgan fingerprint density at radius 2 is 1.87 bits per heavy atom. The van der Waals surface area contributed by atoms with Gasteiger partial charge < -0.3 is 4.52 Å². The summed E-state index contributed by atoms with van der Waals surface area (Å²) in [5.74, 6) is 0.0124. The van der Waals surface area contributed by atoms with E-state index in [1.807, 2.05) is 68.4 Å². The molecule has 0 fully saturated rings. The van der Waals surface area contributed by atoms with Crippen molar-refractivity contribution in [3.05, 3.63) is 82.6 Å². The maximum atomic E-state index is 12.3. The molecule has 2 N–H and O–H groups in total. The van der Waals surface area contributed by atoms with E-state index in [9.17, 15) is 4.21 Å². The first-order chi connectivity index (χ1) is 14.9. The molecule has 0 amide bonds. The smallest absolute Gasteiger partial charge is 0.167 e. The first kappa shape index (κ1) is 21.9. The summed E-state index contributed by atoms with van der Waals surface area (Å²) < 4.78 is 18.3. The first-order valence-corrected chi connectivity index (χ1v) is 12.1. The van der Waals surface area contributed by atoms with E-state index in [0.29, 0.717) is 12.8 Å². The molecule has 31 heavy (non-hydrogen) atoms. The van der Waals surface area contributed by atoms with Crippen LogP contribution in [-0.4, -0.2) is 19.1 Å². The number of halogens is 1. The van der Waals surface area contributed by atoms with Crippen LogP contribution in [0.3, 0.4) is 0 Å². The minimum atomic E-state index is -1.47. The van der Waals surface area contributed by atoms with Crippen LogP contribution in [0, 0.1) is 0 Å². The Labute approximate surface area is 192 Å². The highest BCUT2D eigenvalue weighted by molar-refractivity contribution is 9.10. The molecule has 2 aromatic carbocycles. The van der Waals surface area contributed by atoms with Crippen molar-refractivity contribution in [3.8, 4) is 11.3 Å². The summed E-state index contributed by atoms with van der Waals surface area (Å²) in [6.45, 7) is 3.88. The van der Waals surface area contributed by atoms with Crippen molar-refractivity contribution in [1.29, 1.82) is 0 Å². The van der Waals surface area contributed by atoms with Crippen LogP contribution >= 0.6 is 15.9 Å². The lowest BCUT2D eigenvalue weighted by Crippen LogP contribution is -2.34. The highest BCUT2D eigenvalue weighted by Gasteiger charge is 2.32. The Kier molecular flexibility index (Phi) is 6.36. The zero-order chi connectivity index (χ0) is 22.0. The molecule has 5 nitrogen and oxygen atoms in total. The second kappa shape index (κ2) is 9.02. The van der Waals surface area contributed by atoms with Crippen molar-refractivity contribution in [3.63, 3.8) is 0 Å². The van der Waals surface area contributed by atoms with Crippen molar-refractivity contribution in [2.75, 3.05) is 0 Å². The van der Waals surface area contributed by atoms with Crippen molar-refractivity contribution in [1.82, 2.24) is 10.1 Å². The molecule has 4 aromatic rings. The number of fused-ring (bicyclic) bond motifs is 1. The first-order valence-electron chi connectivity index (χ1n) is 10.1. The van der Waals surface area contributed by atoms with E-state index < -0.39 is 15.7 Å². The lowest BCUT2D eigenvalue weighted by Gasteiger charge is -2.29. The maximum absolute atomic E-state index is 12.3.